The van der Waals surface area contributed by atoms with E-state index < -0.39 is 0 Å². The number of H-pyrrole nitrogens is 1. The fraction of sp³-hybridized carbons (Fsp3) is 0.400. The number of halogens is 1. The maximum atomic E-state index is 12.0. The van der Waals surface area contributed by atoms with Gasteiger partial charge in [0, 0.05) is 30.9 Å². The minimum absolute atomic E-state index is 0.106. The third-order valence-electron chi connectivity index (χ3n) is 4.03. The highest BCUT2D eigenvalue weighted by Gasteiger charge is 2.26. The Morgan fingerprint density at radius 1 is 1.41 bits per heavy atom. The molecule has 7 heteroatoms. The Hall–Kier alpha value is -1.89. The average Bonchev–Trinajstić information content (AvgIpc) is 3.08. The number of hydrogen-bond donors (Lipinski definition) is 1. The number of hydrogen-bond acceptors (Lipinski definition) is 3. The van der Waals surface area contributed by atoms with Crippen molar-refractivity contribution in [1.82, 2.24) is 19.7 Å². The molecule has 1 aromatic carbocycles. The fourth-order valence-electron chi connectivity index (χ4n) is 2.87. The van der Waals surface area contributed by atoms with Crippen LogP contribution in [0.25, 0.3) is 5.69 Å². The second-order valence-corrected chi connectivity index (χ2v) is 6.50. The molecule has 1 fully saturated rings. The molecule has 22 heavy (non-hydrogen) atoms. The predicted octanol–water partition coefficient (Wildman–Crippen LogP) is 1.73. The Bertz CT molecular complexity index is 735. The molecule has 3 rings (SSSR count). The van der Waals surface area contributed by atoms with E-state index in [0.29, 0.717) is 18.2 Å². The molecule has 1 aromatic heterocycles. The van der Waals surface area contributed by atoms with Crippen LogP contribution in [-0.2, 0) is 11.2 Å². The first-order valence-corrected chi connectivity index (χ1v) is 8.01. The summed E-state index contributed by atoms with van der Waals surface area (Å²) in [6.07, 6.45) is 1.62. The minimum atomic E-state index is -0.237. The number of nitrogens with one attached hydrogen (secondary N) is 1. The second kappa shape index (κ2) is 6.08. The quantitative estimate of drug-likeness (QED) is 0.901. The van der Waals surface area contributed by atoms with Crippen molar-refractivity contribution in [2.24, 2.45) is 5.92 Å². The van der Waals surface area contributed by atoms with Gasteiger partial charge < -0.3 is 4.90 Å². The highest BCUT2D eigenvalue weighted by atomic mass is 79.9. The number of benzene rings is 1. The largest absolute Gasteiger partial charge is 0.347 e. The molecule has 1 N–H and O–H groups in total. The zero-order valence-corrected chi connectivity index (χ0v) is 13.8. The molecule has 2 heterocycles. The van der Waals surface area contributed by atoms with Gasteiger partial charge in [0.25, 0.3) is 0 Å². The second-order valence-electron chi connectivity index (χ2n) is 5.58. The summed E-state index contributed by atoms with van der Waals surface area (Å²) < 4.78 is 2.56. The Balaban J connectivity index is 1.83. The Labute approximate surface area is 136 Å². The molecule has 116 valence electrons. The van der Waals surface area contributed by atoms with Crippen LogP contribution in [-0.4, -0.2) is 38.7 Å². The molecule has 6 nitrogen and oxygen atoms in total. The number of carbonyl (C=O) groups is 1. The van der Waals surface area contributed by atoms with Gasteiger partial charge in [-0.05, 0) is 36.6 Å². The number of carbonyl (C=O) groups excluding carboxylic acids is 1. The maximum Gasteiger partial charge on any atom is 0.347 e. The summed E-state index contributed by atoms with van der Waals surface area (Å²) in [7, 11) is 0. The van der Waals surface area contributed by atoms with E-state index in [1.54, 1.807) is 11.5 Å². The molecule has 1 aliphatic rings. The van der Waals surface area contributed by atoms with Gasteiger partial charge in [-0.1, -0.05) is 15.9 Å². The van der Waals surface area contributed by atoms with Gasteiger partial charge in [-0.25, -0.2) is 14.5 Å². The van der Waals surface area contributed by atoms with Crippen LogP contribution in [0.4, 0.5) is 0 Å². The maximum absolute atomic E-state index is 12.0. The van der Waals surface area contributed by atoms with Crippen molar-refractivity contribution in [2.75, 3.05) is 13.1 Å². The third-order valence-corrected chi connectivity index (χ3v) is 4.56. The van der Waals surface area contributed by atoms with Gasteiger partial charge in [0.05, 0.1) is 5.69 Å². The Morgan fingerprint density at radius 3 is 2.77 bits per heavy atom. The van der Waals surface area contributed by atoms with Crippen molar-refractivity contribution in [3.05, 3.63) is 45.0 Å². The van der Waals surface area contributed by atoms with Gasteiger partial charge in [0.1, 0.15) is 5.82 Å². The van der Waals surface area contributed by atoms with Crippen molar-refractivity contribution in [3.8, 4) is 5.69 Å². The number of aromatic amines is 1. The molecule has 1 aliphatic heterocycles. The fourth-order valence-corrected chi connectivity index (χ4v) is 3.13. The van der Waals surface area contributed by atoms with Crippen molar-refractivity contribution in [3.63, 3.8) is 0 Å². The van der Waals surface area contributed by atoms with E-state index in [-0.39, 0.29) is 11.6 Å². The number of likely N-dealkylation sites (tertiary alicyclic amines) is 1. The Morgan fingerprint density at radius 2 is 2.14 bits per heavy atom. The smallest absolute Gasteiger partial charge is 0.343 e. The van der Waals surface area contributed by atoms with Gasteiger partial charge in [-0.15, -0.1) is 0 Å². The van der Waals surface area contributed by atoms with E-state index in [1.165, 1.54) is 0 Å². The van der Waals surface area contributed by atoms with Crippen LogP contribution in [0, 0.1) is 5.92 Å². The molecule has 2 aromatic rings. The standard InChI is InChI=1S/C15H17BrN4O2/c1-10(21)19-7-6-11(9-19)8-14-17-18-15(22)20(14)13-4-2-12(16)3-5-13/h2-5,11H,6-9H2,1H3,(H,18,22)/t11-/m0/s1. The molecular weight excluding hydrogens is 348 g/mol. The van der Waals surface area contributed by atoms with Crippen LogP contribution in [0.1, 0.15) is 19.2 Å². The molecule has 1 saturated heterocycles. The van der Waals surface area contributed by atoms with E-state index in [1.807, 2.05) is 29.2 Å². The van der Waals surface area contributed by atoms with Crippen LogP contribution in [0.15, 0.2) is 33.5 Å². The zero-order valence-electron chi connectivity index (χ0n) is 12.3. The molecule has 0 unspecified atom stereocenters. The van der Waals surface area contributed by atoms with E-state index in [9.17, 15) is 9.59 Å². The molecule has 0 saturated carbocycles. The summed E-state index contributed by atoms with van der Waals surface area (Å²) in [4.78, 5) is 25.3. The first-order chi connectivity index (χ1) is 10.5. The van der Waals surface area contributed by atoms with E-state index >= 15 is 0 Å². The number of aromatic nitrogens is 3. The van der Waals surface area contributed by atoms with Crippen LogP contribution in [0.5, 0.6) is 0 Å². The monoisotopic (exact) mass is 364 g/mol. The topological polar surface area (TPSA) is 71.0 Å². The molecule has 0 aliphatic carbocycles. The van der Waals surface area contributed by atoms with Crippen LogP contribution >= 0.6 is 15.9 Å². The third kappa shape index (κ3) is 2.99. The lowest BCUT2D eigenvalue weighted by molar-refractivity contribution is -0.127. The molecule has 0 bridgehead atoms. The lowest BCUT2D eigenvalue weighted by Crippen LogP contribution is -2.26. The van der Waals surface area contributed by atoms with Gasteiger partial charge in [-0.3, -0.25) is 4.79 Å². The SMILES string of the molecule is CC(=O)N1CC[C@@H](Cc2n[nH]c(=O)n2-c2ccc(Br)cc2)C1. The molecule has 0 spiro atoms. The average molecular weight is 365 g/mol. The first-order valence-electron chi connectivity index (χ1n) is 7.22. The van der Waals surface area contributed by atoms with Gasteiger partial charge in [0.2, 0.25) is 5.91 Å². The molecule has 0 radical (unpaired) electrons. The van der Waals surface area contributed by atoms with Crippen LogP contribution in [0.3, 0.4) is 0 Å². The Kier molecular flexibility index (Phi) is 4.15. The summed E-state index contributed by atoms with van der Waals surface area (Å²) in [6, 6.07) is 7.54. The van der Waals surface area contributed by atoms with Gasteiger partial charge in [-0.2, -0.15) is 5.10 Å². The van der Waals surface area contributed by atoms with Gasteiger partial charge in [0.15, 0.2) is 0 Å². The summed E-state index contributed by atoms with van der Waals surface area (Å²) >= 11 is 3.39. The number of nitrogens with zero attached hydrogens (tertiary/aromatic N) is 3. The van der Waals surface area contributed by atoms with E-state index in [2.05, 4.69) is 26.1 Å². The molecule has 1 atom stereocenters. The summed E-state index contributed by atoms with van der Waals surface area (Å²) in [6.45, 7) is 3.11. The van der Waals surface area contributed by atoms with Crippen molar-refractivity contribution < 1.29 is 4.79 Å². The van der Waals surface area contributed by atoms with E-state index in [0.717, 1.165) is 29.7 Å². The lowest BCUT2D eigenvalue weighted by atomic mass is 10.0. The lowest BCUT2D eigenvalue weighted by Gasteiger charge is -2.14. The van der Waals surface area contributed by atoms with Crippen LogP contribution < -0.4 is 5.69 Å². The number of rotatable bonds is 3. The zero-order chi connectivity index (χ0) is 15.7. The summed E-state index contributed by atoms with van der Waals surface area (Å²) in [5.74, 6) is 1.16. The van der Waals surface area contributed by atoms with Crippen molar-refractivity contribution >= 4 is 21.8 Å². The highest BCUT2D eigenvalue weighted by Crippen LogP contribution is 2.21. The van der Waals surface area contributed by atoms with Crippen molar-refractivity contribution in [1.29, 1.82) is 0 Å². The predicted molar refractivity (Wildman–Crippen MR) is 85.9 cm³/mol. The normalized spacial score (nSPS) is 17.9. The molecule has 1 amide bonds. The summed E-state index contributed by atoms with van der Waals surface area (Å²) in [5.41, 5.74) is 0.553. The highest BCUT2D eigenvalue weighted by molar-refractivity contribution is 9.10. The minimum Gasteiger partial charge on any atom is -0.343 e. The van der Waals surface area contributed by atoms with Crippen LogP contribution in [0.2, 0.25) is 0 Å². The van der Waals surface area contributed by atoms with Crippen molar-refractivity contribution in [2.45, 2.75) is 19.8 Å². The summed E-state index contributed by atoms with van der Waals surface area (Å²) in [5, 5.41) is 6.68. The van der Waals surface area contributed by atoms with Gasteiger partial charge >= 0.3 is 5.69 Å². The number of amides is 1. The first kappa shape index (κ1) is 15.0. The van der Waals surface area contributed by atoms with E-state index in [4.69, 9.17) is 0 Å². The molecular formula is C15H17BrN4O2.